The lowest BCUT2D eigenvalue weighted by Gasteiger charge is -2.15. The molecule has 1 amide bonds. The van der Waals surface area contributed by atoms with E-state index in [0.29, 0.717) is 29.7 Å². The van der Waals surface area contributed by atoms with Crippen LogP contribution < -0.4 is 16.6 Å². The maximum atomic E-state index is 13.2. The van der Waals surface area contributed by atoms with Crippen LogP contribution in [-0.4, -0.2) is 35.3 Å². The van der Waals surface area contributed by atoms with E-state index in [0.717, 1.165) is 15.7 Å². The van der Waals surface area contributed by atoms with Gasteiger partial charge < -0.3 is 10.1 Å². The zero-order chi connectivity index (χ0) is 20.3. The van der Waals surface area contributed by atoms with Crippen molar-refractivity contribution in [1.29, 1.82) is 0 Å². The maximum absolute atomic E-state index is 13.2. The zero-order valence-corrected chi connectivity index (χ0v) is 16.2. The van der Waals surface area contributed by atoms with E-state index in [9.17, 15) is 14.4 Å². The topological polar surface area (TPSA) is 82.3 Å². The van der Waals surface area contributed by atoms with Gasteiger partial charge in [-0.25, -0.2) is 9.36 Å². The van der Waals surface area contributed by atoms with Crippen molar-refractivity contribution in [3.05, 3.63) is 74.4 Å². The molecule has 3 rings (SSSR count). The number of hydrogen-bond donors (Lipinski definition) is 1. The number of amides is 1. The lowest BCUT2D eigenvalue weighted by atomic mass is 10.1. The second kappa shape index (κ2) is 8.22. The predicted octanol–water partition coefficient (Wildman–Crippen LogP) is 1.53. The van der Waals surface area contributed by atoms with Crippen molar-refractivity contribution in [2.45, 2.75) is 20.4 Å². The number of nitrogens with zero attached hydrogens (tertiary/aromatic N) is 2. The van der Waals surface area contributed by atoms with Gasteiger partial charge in [-0.2, -0.15) is 0 Å². The van der Waals surface area contributed by atoms with Crippen molar-refractivity contribution >= 4 is 16.8 Å². The molecule has 0 radical (unpaired) electrons. The minimum Gasteiger partial charge on any atom is -0.383 e. The van der Waals surface area contributed by atoms with Crippen molar-refractivity contribution in [1.82, 2.24) is 14.5 Å². The third-order valence-corrected chi connectivity index (χ3v) is 4.49. The van der Waals surface area contributed by atoms with Gasteiger partial charge >= 0.3 is 5.69 Å². The largest absolute Gasteiger partial charge is 0.383 e. The van der Waals surface area contributed by atoms with E-state index >= 15 is 0 Å². The summed E-state index contributed by atoms with van der Waals surface area (Å²) in [5.41, 5.74) is 1.80. The highest BCUT2D eigenvalue weighted by Crippen LogP contribution is 2.13. The van der Waals surface area contributed by atoms with Crippen LogP contribution in [-0.2, 0) is 16.1 Å². The predicted molar refractivity (Wildman–Crippen MR) is 108 cm³/mol. The van der Waals surface area contributed by atoms with Crippen LogP contribution in [0.3, 0.4) is 0 Å². The molecule has 1 N–H and O–H groups in total. The van der Waals surface area contributed by atoms with Crippen LogP contribution in [0.25, 0.3) is 16.6 Å². The Bertz CT molecular complexity index is 1140. The van der Waals surface area contributed by atoms with Crippen LogP contribution in [0.15, 0.2) is 52.1 Å². The van der Waals surface area contributed by atoms with Crippen LogP contribution in [0, 0.1) is 13.8 Å². The molecular formula is C21H23N3O4. The minimum atomic E-state index is -0.547. The van der Waals surface area contributed by atoms with Gasteiger partial charge in [-0.1, -0.05) is 23.8 Å². The molecule has 0 aliphatic rings. The molecule has 0 saturated heterocycles. The SMILES string of the molecule is COCCNC(=O)Cn1c(=O)n(-c2cccc(C)c2)c(=O)c2cc(C)ccc21. The molecular weight excluding hydrogens is 358 g/mol. The average Bonchev–Trinajstić information content (AvgIpc) is 2.66. The second-order valence-corrected chi connectivity index (χ2v) is 6.71. The van der Waals surface area contributed by atoms with Crippen molar-refractivity contribution < 1.29 is 9.53 Å². The van der Waals surface area contributed by atoms with Crippen LogP contribution in [0.5, 0.6) is 0 Å². The van der Waals surface area contributed by atoms with Gasteiger partial charge in [-0.15, -0.1) is 0 Å². The maximum Gasteiger partial charge on any atom is 0.336 e. The summed E-state index contributed by atoms with van der Waals surface area (Å²) >= 11 is 0. The fourth-order valence-electron chi connectivity index (χ4n) is 3.13. The first kappa shape index (κ1) is 19.6. The number of carbonyl (C=O) groups excluding carboxylic acids is 1. The van der Waals surface area contributed by atoms with Gasteiger partial charge in [0.15, 0.2) is 0 Å². The molecule has 1 aromatic heterocycles. The Labute approximate surface area is 162 Å². The molecule has 0 unspecified atom stereocenters. The van der Waals surface area contributed by atoms with Gasteiger partial charge in [-0.05, 0) is 43.7 Å². The molecule has 7 heteroatoms. The highest BCUT2D eigenvalue weighted by molar-refractivity contribution is 5.82. The van der Waals surface area contributed by atoms with Crippen molar-refractivity contribution in [2.75, 3.05) is 20.3 Å². The van der Waals surface area contributed by atoms with E-state index in [4.69, 9.17) is 4.74 Å². The molecule has 3 aromatic rings. The first-order chi connectivity index (χ1) is 13.4. The number of aromatic nitrogens is 2. The van der Waals surface area contributed by atoms with Crippen LogP contribution in [0.2, 0.25) is 0 Å². The van der Waals surface area contributed by atoms with Crippen molar-refractivity contribution in [3.8, 4) is 5.69 Å². The fraction of sp³-hybridized carbons (Fsp3) is 0.286. The lowest BCUT2D eigenvalue weighted by Crippen LogP contribution is -2.42. The highest BCUT2D eigenvalue weighted by atomic mass is 16.5. The average molecular weight is 381 g/mol. The summed E-state index contributed by atoms with van der Waals surface area (Å²) in [6, 6.07) is 12.4. The van der Waals surface area contributed by atoms with E-state index in [1.54, 1.807) is 37.4 Å². The van der Waals surface area contributed by atoms with E-state index in [-0.39, 0.29) is 12.5 Å². The van der Waals surface area contributed by atoms with E-state index in [2.05, 4.69) is 5.32 Å². The number of methoxy groups -OCH3 is 1. The van der Waals surface area contributed by atoms with Gasteiger partial charge in [0.25, 0.3) is 5.56 Å². The van der Waals surface area contributed by atoms with Crippen LogP contribution in [0.1, 0.15) is 11.1 Å². The lowest BCUT2D eigenvalue weighted by molar-refractivity contribution is -0.121. The minimum absolute atomic E-state index is 0.186. The number of hydrogen-bond acceptors (Lipinski definition) is 4. The first-order valence-electron chi connectivity index (χ1n) is 9.01. The van der Waals surface area contributed by atoms with E-state index in [1.807, 2.05) is 26.0 Å². The Balaban J connectivity index is 2.21. The number of fused-ring (bicyclic) bond motifs is 1. The summed E-state index contributed by atoms with van der Waals surface area (Å²) in [4.78, 5) is 38.6. The third-order valence-electron chi connectivity index (χ3n) is 4.49. The summed E-state index contributed by atoms with van der Waals surface area (Å²) in [5.74, 6) is -0.324. The molecule has 0 aliphatic carbocycles. The van der Waals surface area contributed by atoms with Gasteiger partial charge in [0.2, 0.25) is 5.91 Å². The van der Waals surface area contributed by atoms with Gasteiger partial charge in [0, 0.05) is 13.7 Å². The Morgan fingerprint density at radius 2 is 1.82 bits per heavy atom. The Kier molecular flexibility index (Phi) is 5.75. The molecule has 0 atom stereocenters. The molecule has 28 heavy (non-hydrogen) atoms. The molecule has 0 spiro atoms. The van der Waals surface area contributed by atoms with Crippen molar-refractivity contribution in [3.63, 3.8) is 0 Å². The highest BCUT2D eigenvalue weighted by Gasteiger charge is 2.16. The number of benzene rings is 2. The number of rotatable bonds is 6. The summed E-state index contributed by atoms with van der Waals surface area (Å²) < 4.78 is 7.38. The van der Waals surface area contributed by atoms with Crippen LogP contribution >= 0.6 is 0 Å². The summed E-state index contributed by atoms with van der Waals surface area (Å²) in [5, 5.41) is 3.10. The standard InChI is InChI=1S/C21H23N3O4/c1-14-5-4-6-16(11-14)24-20(26)17-12-15(2)7-8-18(17)23(21(24)27)13-19(25)22-9-10-28-3/h4-8,11-12H,9-10,13H2,1-3H3,(H,22,25). The van der Waals surface area contributed by atoms with E-state index in [1.165, 1.54) is 4.57 Å². The number of carbonyl (C=O) groups is 1. The Morgan fingerprint density at radius 3 is 2.54 bits per heavy atom. The molecule has 0 aliphatic heterocycles. The number of ether oxygens (including phenoxy) is 1. The molecule has 7 nitrogen and oxygen atoms in total. The quantitative estimate of drug-likeness (QED) is 0.657. The molecule has 146 valence electrons. The Hall–Kier alpha value is -3.19. The van der Waals surface area contributed by atoms with Crippen molar-refractivity contribution in [2.24, 2.45) is 0 Å². The molecule has 1 heterocycles. The fourth-order valence-corrected chi connectivity index (χ4v) is 3.13. The molecule has 0 bridgehead atoms. The monoisotopic (exact) mass is 381 g/mol. The second-order valence-electron chi connectivity index (χ2n) is 6.71. The van der Waals surface area contributed by atoms with Gasteiger partial charge in [0.1, 0.15) is 6.54 Å². The zero-order valence-electron chi connectivity index (χ0n) is 16.2. The first-order valence-corrected chi connectivity index (χ1v) is 9.01. The van der Waals surface area contributed by atoms with Gasteiger partial charge in [0.05, 0.1) is 23.2 Å². The molecule has 0 saturated carbocycles. The van der Waals surface area contributed by atoms with Gasteiger partial charge in [-0.3, -0.25) is 14.2 Å². The normalized spacial score (nSPS) is 11.0. The smallest absolute Gasteiger partial charge is 0.336 e. The summed E-state index contributed by atoms with van der Waals surface area (Å²) in [6.07, 6.45) is 0. The summed E-state index contributed by atoms with van der Waals surface area (Å²) in [7, 11) is 1.55. The Morgan fingerprint density at radius 1 is 1.07 bits per heavy atom. The van der Waals surface area contributed by atoms with Crippen LogP contribution in [0.4, 0.5) is 0 Å². The molecule has 0 fully saturated rings. The third kappa shape index (κ3) is 3.89. The summed E-state index contributed by atoms with van der Waals surface area (Å²) in [6.45, 7) is 4.31. The number of aryl methyl sites for hydroxylation is 2. The molecule has 2 aromatic carbocycles. The number of nitrogens with one attached hydrogen (secondary N) is 1. The van der Waals surface area contributed by atoms with E-state index < -0.39 is 11.2 Å².